The number of nitrogens with one attached hydrogen (secondary N) is 2. The lowest BCUT2D eigenvalue weighted by atomic mass is 10.2. The fraction of sp³-hybridized carbons (Fsp3) is 0.417. The fourth-order valence-electron chi connectivity index (χ4n) is 1.73. The Hall–Kier alpha value is -1.55. The van der Waals surface area contributed by atoms with Gasteiger partial charge in [0.15, 0.2) is 0 Å². The van der Waals surface area contributed by atoms with E-state index in [-0.39, 0.29) is 0 Å². The Bertz CT molecular complexity index is 470. The Kier molecular flexibility index (Phi) is 3.10. The zero-order chi connectivity index (χ0) is 11.5. The number of nitrogens with zero attached hydrogens (tertiary/aromatic N) is 1. The van der Waals surface area contributed by atoms with Crippen molar-refractivity contribution in [2.45, 2.75) is 27.3 Å². The number of imidazole rings is 1. The quantitative estimate of drug-likeness (QED) is 0.830. The molecule has 0 aliphatic heterocycles. The van der Waals surface area contributed by atoms with Gasteiger partial charge in [0, 0.05) is 5.56 Å². The molecule has 2 rings (SSSR count). The van der Waals surface area contributed by atoms with E-state index in [0.717, 1.165) is 41.7 Å². The van der Waals surface area contributed by atoms with E-state index >= 15 is 0 Å². The molecule has 4 heteroatoms. The minimum atomic E-state index is 0.770. The van der Waals surface area contributed by atoms with Gasteiger partial charge in [-0.05, 0) is 26.5 Å². The number of rotatable bonds is 4. The lowest BCUT2D eigenvalue weighted by molar-refractivity contribution is 0.505. The maximum absolute atomic E-state index is 5.50. The van der Waals surface area contributed by atoms with E-state index < -0.39 is 0 Å². The van der Waals surface area contributed by atoms with Crippen molar-refractivity contribution < 1.29 is 4.42 Å². The maximum atomic E-state index is 5.50. The van der Waals surface area contributed by atoms with Gasteiger partial charge in [-0.1, -0.05) is 6.92 Å². The normalized spacial score (nSPS) is 10.9. The van der Waals surface area contributed by atoms with Crippen LogP contribution in [0, 0.1) is 13.8 Å². The summed E-state index contributed by atoms with van der Waals surface area (Å²) >= 11 is 0. The summed E-state index contributed by atoms with van der Waals surface area (Å²) in [5.74, 6) is 2.81. The molecule has 0 fully saturated rings. The topological polar surface area (TPSA) is 53.9 Å². The van der Waals surface area contributed by atoms with E-state index in [4.69, 9.17) is 4.42 Å². The molecule has 0 saturated carbocycles. The van der Waals surface area contributed by atoms with Gasteiger partial charge >= 0.3 is 0 Å². The van der Waals surface area contributed by atoms with Crippen LogP contribution in [0.25, 0.3) is 11.3 Å². The number of furan rings is 1. The molecule has 2 aromatic heterocycles. The van der Waals surface area contributed by atoms with Crippen molar-refractivity contribution in [3.63, 3.8) is 0 Å². The van der Waals surface area contributed by atoms with Gasteiger partial charge < -0.3 is 14.7 Å². The lowest BCUT2D eigenvalue weighted by Crippen LogP contribution is -2.12. The molecule has 0 aromatic carbocycles. The number of aromatic nitrogens is 2. The van der Waals surface area contributed by atoms with Crippen LogP contribution in [-0.2, 0) is 6.54 Å². The fourth-order valence-corrected chi connectivity index (χ4v) is 1.73. The number of hydrogen-bond acceptors (Lipinski definition) is 3. The molecule has 0 unspecified atom stereocenters. The molecule has 0 aliphatic carbocycles. The summed E-state index contributed by atoms with van der Waals surface area (Å²) in [5.41, 5.74) is 2.11. The second-order valence-electron chi connectivity index (χ2n) is 3.85. The van der Waals surface area contributed by atoms with Crippen molar-refractivity contribution in [3.8, 4) is 11.3 Å². The molecule has 0 saturated heterocycles. The van der Waals surface area contributed by atoms with Crippen LogP contribution in [0.4, 0.5) is 0 Å². The maximum Gasteiger partial charge on any atom is 0.120 e. The van der Waals surface area contributed by atoms with Crippen LogP contribution in [0.3, 0.4) is 0 Å². The van der Waals surface area contributed by atoms with Crippen molar-refractivity contribution in [1.29, 1.82) is 0 Å². The van der Waals surface area contributed by atoms with Crippen molar-refractivity contribution >= 4 is 0 Å². The van der Waals surface area contributed by atoms with Crippen molar-refractivity contribution in [3.05, 3.63) is 29.6 Å². The predicted octanol–water partition coefficient (Wildman–Crippen LogP) is 2.40. The summed E-state index contributed by atoms with van der Waals surface area (Å²) in [7, 11) is 0. The van der Waals surface area contributed by atoms with Gasteiger partial charge in [0.2, 0.25) is 0 Å². The molecule has 0 atom stereocenters. The van der Waals surface area contributed by atoms with Gasteiger partial charge in [-0.25, -0.2) is 4.98 Å². The van der Waals surface area contributed by atoms with Gasteiger partial charge in [-0.2, -0.15) is 0 Å². The van der Waals surface area contributed by atoms with E-state index in [1.165, 1.54) is 0 Å². The van der Waals surface area contributed by atoms with Crippen LogP contribution >= 0.6 is 0 Å². The Balaban J connectivity index is 2.21. The molecule has 0 bridgehead atoms. The van der Waals surface area contributed by atoms with Gasteiger partial charge in [-0.15, -0.1) is 0 Å². The van der Waals surface area contributed by atoms with Crippen LogP contribution < -0.4 is 5.32 Å². The molecule has 2 N–H and O–H groups in total. The predicted molar refractivity (Wildman–Crippen MR) is 63.1 cm³/mol. The smallest absolute Gasteiger partial charge is 0.120 e. The molecule has 0 spiro atoms. The third-order valence-corrected chi connectivity index (χ3v) is 2.50. The van der Waals surface area contributed by atoms with Crippen LogP contribution in [0.5, 0.6) is 0 Å². The Morgan fingerprint density at radius 1 is 1.44 bits per heavy atom. The van der Waals surface area contributed by atoms with E-state index in [2.05, 4.69) is 22.2 Å². The third-order valence-electron chi connectivity index (χ3n) is 2.50. The minimum absolute atomic E-state index is 0.770. The highest BCUT2D eigenvalue weighted by atomic mass is 16.3. The van der Waals surface area contributed by atoms with Crippen LogP contribution in [0.15, 0.2) is 16.7 Å². The van der Waals surface area contributed by atoms with E-state index in [9.17, 15) is 0 Å². The molecule has 0 amide bonds. The second-order valence-corrected chi connectivity index (χ2v) is 3.85. The van der Waals surface area contributed by atoms with Crippen LogP contribution in [0.2, 0.25) is 0 Å². The molecule has 86 valence electrons. The zero-order valence-corrected chi connectivity index (χ0v) is 9.92. The summed E-state index contributed by atoms with van der Waals surface area (Å²) in [6, 6.07) is 2.03. The number of aromatic amines is 1. The summed E-state index contributed by atoms with van der Waals surface area (Å²) in [5, 5.41) is 3.23. The summed E-state index contributed by atoms with van der Waals surface area (Å²) in [6.07, 6.45) is 1.85. The van der Waals surface area contributed by atoms with Crippen molar-refractivity contribution in [2.75, 3.05) is 6.54 Å². The first-order valence-electron chi connectivity index (χ1n) is 5.52. The summed E-state index contributed by atoms with van der Waals surface area (Å²) in [4.78, 5) is 7.61. The molecule has 2 aromatic rings. The van der Waals surface area contributed by atoms with Gasteiger partial charge in [-0.3, -0.25) is 0 Å². The lowest BCUT2D eigenvalue weighted by Gasteiger charge is -1.96. The second kappa shape index (κ2) is 4.53. The van der Waals surface area contributed by atoms with Gasteiger partial charge in [0.25, 0.3) is 0 Å². The Labute approximate surface area is 95.1 Å². The molecule has 4 nitrogen and oxygen atoms in total. The molecule has 16 heavy (non-hydrogen) atoms. The monoisotopic (exact) mass is 219 g/mol. The highest BCUT2D eigenvalue weighted by molar-refractivity contribution is 5.61. The molecule has 0 radical (unpaired) electrons. The van der Waals surface area contributed by atoms with Crippen LogP contribution in [0.1, 0.15) is 24.3 Å². The highest BCUT2D eigenvalue weighted by Gasteiger charge is 2.09. The Morgan fingerprint density at radius 2 is 2.25 bits per heavy atom. The molecule has 0 aliphatic rings. The molecular formula is C12H17N3O. The SMILES string of the molecule is CCNCc1ncc(-c2cc(C)oc2C)[nH]1. The minimum Gasteiger partial charge on any atom is -0.466 e. The van der Waals surface area contributed by atoms with E-state index in [0.29, 0.717) is 0 Å². The standard InChI is InChI=1S/C12H17N3O/c1-4-13-7-12-14-6-11(15-12)10-5-8(2)16-9(10)3/h5-6,13H,4,7H2,1-3H3,(H,14,15). The largest absolute Gasteiger partial charge is 0.466 e. The third kappa shape index (κ3) is 2.17. The van der Waals surface area contributed by atoms with Crippen molar-refractivity contribution in [2.24, 2.45) is 0 Å². The van der Waals surface area contributed by atoms with E-state index in [1.807, 2.05) is 26.1 Å². The summed E-state index contributed by atoms with van der Waals surface area (Å²) < 4.78 is 5.50. The first-order chi connectivity index (χ1) is 7.70. The zero-order valence-electron chi connectivity index (χ0n) is 9.92. The van der Waals surface area contributed by atoms with E-state index in [1.54, 1.807) is 0 Å². The van der Waals surface area contributed by atoms with Crippen molar-refractivity contribution in [1.82, 2.24) is 15.3 Å². The summed E-state index contributed by atoms with van der Waals surface area (Å²) in [6.45, 7) is 7.71. The average Bonchev–Trinajstić information content (AvgIpc) is 2.82. The first-order valence-corrected chi connectivity index (χ1v) is 5.52. The van der Waals surface area contributed by atoms with Gasteiger partial charge in [0.1, 0.15) is 17.3 Å². The van der Waals surface area contributed by atoms with Gasteiger partial charge in [0.05, 0.1) is 18.4 Å². The van der Waals surface area contributed by atoms with Crippen LogP contribution in [-0.4, -0.2) is 16.5 Å². The number of H-pyrrole nitrogens is 1. The number of hydrogen-bond donors (Lipinski definition) is 2. The highest BCUT2D eigenvalue weighted by Crippen LogP contribution is 2.24. The first kappa shape index (κ1) is 11.0. The number of aryl methyl sites for hydroxylation is 2. The Morgan fingerprint density at radius 3 is 2.88 bits per heavy atom. The molecule has 2 heterocycles. The average molecular weight is 219 g/mol. The molecular weight excluding hydrogens is 202 g/mol.